The molecule has 0 bridgehead atoms. The van der Waals surface area contributed by atoms with E-state index in [4.69, 9.17) is 0 Å². The van der Waals surface area contributed by atoms with Crippen LogP contribution in [-0.2, 0) is 32.0 Å². The molecule has 2 amide bonds. The number of unbranched alkanes of at least 4 members (excludes halogenated alkanes) is 2. The van der Waals surface area contributed by atoms with Gasteiger partial charge in [-0.15, -0.1) is 0 Å². The van der Waals surface area contributed by atoms with E-state index in [1.165, 1.54) is 12.7 Å². The van der Waals surface area contributed by atoms with Crippen LogP contribution in [0.3, 0.4) is 0 Å². The van der Waals surface area contributed by atoms with Crippen molar-refractivity contribution in [3.05, 3.63) is 71.8 Å². The van der Waals surface area contributed by atoms with E-state index >= 15 is 0 Å². The summed E-state index contributed by atoms with van der Waals surface area (Å²) in [5.41, 5.74) is 2.22. The van der Waals surface area contributed by atoms with Gasteiger partial charge < -0.3 is 15.4 Å². The van der Waals surface area contributed by atoms with Gasteiger partial charge in [0.05, 0.1) is 7.11 Å². The first-order chi connectivity index (χ1) is 15.0. The zero-order valence-electron chi connectivity index (χ0n) is 18.3. The maximum absolute atomic E-state index is 12.7. The lowest BCUT2D eigenvalue weighted by Gasteiger charge is -2.20. The highest BCUT2D eigenvalue weighted by molar-refractivity contribution is 5.90. The van der Waals surface area contributed by atoms with Gasteiger partial charge in [-0.1, -0.05) is 67.1 Å². The maximum atomic E-state index is 12.7. The van der Waals surface area contributed by atoms with E-state index < -0.39 is 24.0 Å². The van der Waals surface area contributed by atoms with Crippen molar-refractivity contribution in [3.8, 4) is 0 Å². The van der Waals surface area contributed by atoms with E-state index in [0.717, 1.165) is 31.2 Å². The Morgan fingerprint density at radius 1 is 0.839 bits per heavy atom. The van der Waals surface area contributed by atoms with E-state index in [2.05, 4.69) is 27.5 Å². The van der Waals surface area contributed by atoms with E-state index in [-0.39, 0.29) is 5.91 Å². The Morgan fingerprint density at radius 3 is 2.06 bits per heavy atom. The molecule has 2 N–H and O–H groups in total. The van der Waals surface area contributed by atoms with Crippen LogP contribution >= 0.6 is 0 Å². The number of rotatable bonds is 12. The van der Waals surface area contributed by atoms with E-state index in [0.29, 0.717) is 12.8 Å². The van der Waals surface area contributed by atoms with Gasteiger partial charge in [0.25, 0.3) is 0 Å². The van der Waals surface area contributed by atoms with Gasteiger partial charge in [0.2, 0.25) is 11.8 Å². The van der Waals surface area contributed by atoms with Gasteiger partial charge in [0, 0.05) is 12.8 Å². The third-order valence-electron chi connectivity index (χ3n) is 5.06. The van der Waals surface area contributed by atoms with Gasteiger partial charge in [0.1, 0.15) is 12.1 Å². The molecule has 0 fully saturated rings. The van der Waals surface area contributed by atoms with Crippen LogP contribution in [0.4, 0.5) is 0 Å². The topological polar surface area (TPSA) is 84.5 Å². The normalized spacial score (nSPS) is 12.5. The standard InChI is InChI=1S/C25H32N2O4/c1-19(25(30)31-2)26-24(29)22(18-21-15-9-4-10-16-21)27-23(28)17-11-5-8-14-20-12-6-3-7-13-20/h3-4,6-7,9-10,12-13,15-16,19,22H,5,8,11,14,17-18H2,1-2H3,(H,26,29)(H,27,28)/t19-,22-/m0/s1. The lowest BCUT2D eigenvalue weighted by molar-refractivity contribution is -0.144. The second-order valence-electron chi connectivity index (χ2n) is 7.61. The van der Waals surface area contributed by atoms with Crippen molar-refractivity contribution < 1.29 is 19.1 Å². The fraction of sp³-hybridized carbons (Fsp3) is 0.400. The number of amides is 2. The average Bonchev–Trinajstić information content (AvgIpc) is 2.79. The molecular formula is C25H32N2O4. The molecule has 166 valence electrons. The zero-order chi connectivity index (χ0) is 22.5. The summed E-state index contributed by atoms with van der Waals surface area (Å²) in [6.45, 7) is 1.55. The summed E-state index contributed by atoms with van der Waals surface area (Å²) in [6, 6.07) is 18.2. The Kier molecular flexibility index (Phi) is 10.3. The van der Waals surface area contributed by atoms with Crippen molar-refractivity contribution in [1.82, 2.24) is 10.6 Å². The number of aryl methyl sites for hydroxylation is 1. The fourth-order valence-corrected chi connectivity index (χ4v) is 3.31. The molecule has 0 unspecified atom stereocenters. The number of hydrogen-bond donors (Lipinski definition) is 2. The molecular weight excluding hydrogens is 392 g/mol. The predicted octanol–water partition coefficient (Wildman–Crippen LogP) is 3.19. The first-order valence-electron chi connectivity index (χ1n) is 10.7. The molecule has 0 saturated heterocycles. The van der Waals surface area contributed by atoms with Crippen molar-refractivity contribution in [3.63, 3.8) is 0 Å². The third-order valence-corrected chi connectivity index (χ3v) is 5.06. The molecule has 6 nitrogen and oxygen atoms in total. The van der Waals surface area contributed by atoms with Crippen LogP contribution in [0.15, 0.2) is 60.7 Å². The van der Waals surface area contributed by atoms with Gasteiger partial charge in [-0.05, 0) is 37.3 Å². The molecule has 0 aliphatic carbocycles. The van der Waals surface area contributed by atoms with Gasteiger partial charge in [0.15, 0.2) is 0 Å². The molecule has 0 saturated carbocycles. The SMILES string of the molecule is COC(=O)[C@H](C)NC(=O)[C@H](Cc1ccccc1)NC(=O)CCCCCc1ccccc1. The summed E-state index contributed by atoms with van der Waals surface area (Å²) < 4.78 is 4.66. The molecule has 2 atom stereocenters. The minimum Gasteiger partial charge on any atom is -0.467 e. The Balaban J connectivity index is 1.84. The van der Waals surface area contributed by atoms with Crippen LogP contribution in [0.2, 0.25) is 0 Å². The van der Waals surface area contributed by atoms with E-state index in [1.807, 2.05) is 48.5 Å². The number of nitrogens with one attached hydrogen (secondary N) is 2. The van der Waals surface area contributed by atoms with Crippen molar-refractivity contribution in [2.45, 2.75) is 57.5 Å². The van der Waals surface area contributed by atoms with Crippen LogP contribution in [0.5, 0.6) is 0 Å². The summed E-state index contributed by atoms with van der Waals surface area (Å²) in [5.74, 6) is -1.10. The predicted molar refractivity (Wildman–Crippen MR) is 120 cm³/mol. The number of esters is 1. The summed E-state index contributed by atoms with van der Waals surface area (Å²) in [7, 11) is 1.27. The quantitative estimate of drug-likeness (QED) is 0.405. The zero-order valence-corrected chi connectivity index (χ0v) is 18.3. The molecule has 0 heterocycles. The second-order valence-corrected chi connectivity index (χ2v) is 7.61. The molecule has 0 spiro atoms. The summed E-state index contributed by atoms with van der Waals surface area (Å²) >= 11 is 0. The molecule has 2 aromatic rings. The highest BCUT2D eigenvalue weighted by Crippen LogP contribution is 2.09. The van der Waals surface area contributed by atoms with Gasteiger partial charge >= 0.3 is 5.97 Å². The first-order valence-corrected chi connectivity index (χ1v) is 10.7. The average molecular weight is 425 g/mol. The van der Waals surface area contributed by atoms with Gasteiger partial charge in [-0.3, -0.25) is 9.59 Å². The summed E-state index contributed by atoms with van der Waals surface area (Å²) in [5, 5.41) is 5.46. The molecule has 2 aromatic carbocycles. The van der Waals surface area contributed by atoms with E-state index in [1.54, 1.807) is 6.92 Å². The lowest BCUT2D eigenvalue weighted by atomic mass is 10.0. The summed E-state index contributed by atoms with van der Waals surface area (Å²) in [6.07, 6.45) is 4.42. The largest absolute Gasteiger partial charge is 0.467 e. The van der Waals surface area contributed by atoms with Crippen molar-refractivity contribution in [2.24, 2.45) is 0 Å². The number of ether oxygens (including phenoxy) is 1. The molecule has 2 rings (SSSR count). The summed E-state index contributed by atoms with van der Waals surface area (Å²) in [4.78, 5) is 36.8. The van der Waals surface area contributed by atoms with Crippen LogP contribution in [-0.4, -0.2) is 37.0 Å². The number of hydrogen-bond acceptors (Lipinski definition) is 4. The Bertz CT molecular complexity index is 824. The van der Waals surface area contributed by atoms with Crippen LogP contribution in [0, 0.1) is 0 Å². The van der Waals surface area contributed by atoms with Gasteiger partial charge in [-0.25, -0.2) is 4.79 Å². The monoisotopic (exact) mass is 424 g/mol. The Hall–Kier alpha value is -3.15. The number of carbonyl (C=O) groups is 3. The second kappa shape index (κ2) is 13.2. The van der Waals surface area contributed by atoms with Crippen molar-refractivity contribution >= 4 is 17.8 Å². The number of methoxy groups -OCH3 is 1. The Labute approximate surface area is 184 Å². The smallest absolute Gasteiger partial charge is 0.328 e. The number of benzene rings is 2. The molecule has 0 aromatic heterocycles. The minimum atomic E-state index is -0.786. The minimum absolute atomic E-state index is 0.165. The molecule has 31 heavy (non-hydrogen) atoms. The highest BCUT2D eigenvalue weighted by atomic mass is 16.5. The molecule has 6 heteroatoms. The third kappa shape index (κ3) is 9.03. The Morgan fingerprint density at radius 2 is 1.45 bits per heavy atom. The van der Waals surface area contributed by atoms with Crippen LogP contribution in [0.1, 0.15) is 43.7 Å². The number of carbonyl (C=O) groups excluding carboxylic acids is 3. The first kappa shape index (κ1) is 24.1. The highest BCUT2D eigenvalue weighted by Gasteiger charge is 2.24. The maximum Gasteiger partial charge on any atom is 0.328 e. The van der Waals surface area contributed by atoms with Crippen LogP contribution < -0.4 is 10.6 Å². The molecule has 0 aliphatic heterocycles. The molecule has 0 radical (unpaired) electrons. The van der Waals surface area contributed by atoms with Gasteiger partial charge in [-0.2, -0.15) is 0 Å². The fourth-order valence-electron chi connectivity index (χ4n) is 3.31. The van der Waals surface area contributed by atoms with Crippen molar-refractivity contribution in [1.29, 1.82) is 0 Å². The van der Waals surface area contributed by atoms with E-state index in [9.17, 15) is 14.4 Å². The van der Waals surface area contributed by atoms with Crippen molar-refractivity contribution in [2.75, 3.05) is 7.11 Å². The lowest BCUT2D eigenvalue weighted by Crippen LogP contribution is -2.51. The van der Waals surface area contributed by atoms with Crippen LogP contribution in [0.25, 0.3) is 0 Å². The molecule has 0 aliphatic rings.